The Morgan fingerprint density at radius 1 is 1.31 bits per heavy atom. The average molecular weight is 179 g/mol. The molecule has 0 radical (unpaired) electrons. The Kier molecular flexibility index (Phi) is 1.73. The molecule has 4 heteroatoms. The molecular weight excluding hydrogens is 173 g/mol. The summed E-state index contributed by atoms with van der Waals surface area (Å²) in [6, 6.07) is 5.54. The van der Waals surface area contributed by atoms with Crippen LogP contribution in [-0.4, -0.2) is 10.3 Å². The summed E-state index contributed by atoms with van der Waals surface area (Å²) in [5.41, 5.74) is 0.0417. The van der Waals surface area contributed by atoms with Gasteiger partial charge in [-0.25, -0.2) is 4.39 Å². The molecule has 0 bridgehead atoms. The first kappa shape index (κ1) is 7.79. The summed E-state index contributed by atoms with van der Waals surface area (Å²) in [6.07, 6.45) is 1.39. The molecule has 0 spiro atoms. The Morgan fingerprint density at radius 2 is 2.15 bits per heavy atom. The highest BCUT2D eigenvalue weighted by Crippen LogP contribution is 2.30. The second-order valence-corrected chi connectivity index (χ2v) is 2.51. The smallest absolute Gasteiger partial charge is 0.173 e. The van der Waals surface area contributed by atoms with E-state index in [1.807, 2.05) is 0 Å². The molecular formula is C9H6FNO2. The number of halogens is 1. The van der Waals surface area contributed by atoms with E-state index in [1.165, 1.54) is 30.5 Å². The van der Waals surface area contributed by atoms with Crippen molar-refractivity contribution in [2.45, 2.75) is 0 Å². The van der Waals surface area contributed by atoms with Crippen LogP contribution in [-0.2, 0) is 0 Å². The summed E-state index contributed by atoms with van der Waals surface area (Å²) in [5, 5.41) is 12.8. The van der Waals surface area contributed by atoms with Gasteiger partial charge in [-0.15, -0.1) is 0 Å². The minimum Gasteiger partial charge on any atom is -0.507 e. The molecule has 0 atom stereocenters. The van der Waals surface area contributed by atoms with Gasteiger partial charge < -0.3 is 9.63 Å². The lowest BCUT2D eigenvalue weighted by atomic mass is 10.1. The van der Waals surface area contributed by atoms with Gasteiger partial charge in [-0.2, -0.15) is 0 Å². The van der Waals surface area contributed by atoms with Gasteiger partial charge in [-0.05, 0) is 12.1 Å². The van der Waals surface area contributed by atoms with Gasteiger partial charge in [0.25, 0.3) is 0 Å². The van der Waals surface area contributed by atoms with E-state index in [-0.39, 0.29) is 17.1 Å². The van der Waals surface area contributed by atoms with Crippen LogP contribution in [0.2, 0.25) is 0 Å². The van der Waals surface area contributed by atoms with Crippen LogP contribution in [0.15, 0.2) is 35.0 Å². The maximum atomic E-state index is 13.2. The summed E-state index contributed by atoms with van der Waals surface area (Å²) in [5.74, 6) is -0.468. The fourth-order valence-corrected chi connectivity index (χ4v) is 1.10. The molecule has 0 unspecified atom stereocenters. The predicted molar refractivity (Wildman–Crippen MR) is 43.6 cm³/mol. The molecule has 0 fully saturated rings. The third kappa shape index (κ3) is 1.26. The molecule has 2 rings (SSSR count). The number of hydrogen-bond acceptors (Lipinski definition) is 3. The zero-order valence-electron chi connectivity index (χ0n) is 6.57. The minimum atomic E-state index is -0.531. The molecule has 3 nitrogen and oxygen atoms in total. The number of nitrogens with zero attached hydrogens (tertiary/aromatic N) is 1. The topological polar surface area (TPSA) is 46.3 Å². The van der Waals surface area contributed by atoms with E-state index in [1.54, 1.807) is 0 Å². The second kappa shape index (κ2) is 2.90. The SMILES string of the molecule is Oc1cccc(F)c1-c1ccno1. The fraction of sp³-hybridized carbons (Fsp3) is 0. The van der Waals surface area contributed by atoms with Gasteiger partial charge >= 0.3 is 0 Å². The van der Waals surface area contributed by atoms with Crippen molar-refractivity contribution in [3.8, 4) is 17.1 Å². The largest absolute Gasteiger partial charge is 0.507 e. The minimum absolute atomic E-state index is 0.0417. The summed E-state index contributed by atoms with van der Waals surface area (Å²) >= 11 is 0. The van der Waals surface area contributed by atoms with Gasteiger partial charge in [0.1, 0.15) is 11.6 Å². The predicted octanol–water partition coefficient (Wildman–Crippen LogP) is 2.19. The summed E-state index contributed by atoms with van der Waals surface area (Å²) in [4.78, 5) is 0. The van der Waals surface area contributed by atoms with Crippen molar-refractivity contribution in [2.75, 3.05) is 0 Å². The quantitative estimate of drug-likeness (QED) is 0.729. The first-order valence-electron chi connectivity index (χ1n) is 3.67. The zero-order chi connectivity index (χ0) is 9.26. The number of rotatable bonds is 1. The van der Waals surface area contributed by atoms with Crippen LogP contribution in [0.5, 0.6) is 5.75 Å². The molecule has 2 aromatic rings. The fourth-order valence-electron chi connectivity index (χ4n) is 1.10. The maximum absolute atomic E-state index is 13.2. The standard InChI is InChI=1S/C9H6FNO2/c10-6-2-1-3-7(12)9(6)8-4-5-11-13-8/h1-5,12H. The van der Waals surface area contributed by atoms with Crippen molar-refractivity contribution in [3.63, 3.8) is 0 Å². The van der Waals surface area contributed by atoms with Crippen LogP contribution in [0.25, 0.3) is 11.3 Å². The number of hydrogen-bond donors (Lipinski definition) is 1. The summed E-state index contributed by atoms with van der Waals surface area (Å²) in [7, 11) is 0. The highest BCUT2D eigenvalue weighted by atomic mass is 19.1. The summed E-state index contributed by atoms with van der Waals surface area (Å²) < 4.78 is 17.9. The lowest BCUT2D eigenvalue weighted by Gasteiger charge is -2.00. The van der Waals surface area contributed by atoms with Crippen molar-refractivity contribution in [1.29, 1.82) is 0 Å². The van der Waals surface area contributed by atoms with E-state index in [9.17, 15) is 9.50 Å². The van der Waals surface area contributed by atoms with Crippen LogP contribution < -0.4 is 0 Å². The van der Waals surface area contributed by atoms with Gasteiger partial charge in [0.15, 0.2) is 5.76 Å². The molecule has 0 aliphatic rings. The Morgan fingerprint density at radius 3 is 2.77 bits per heavy atom. The molecule has 0 saturated heterocycles. The highest BCUT2D eigenvalue weighted by Gasteiger charge is 2.12. The molecule has 1 aromatic carbocycles. The summed E-state index contributed by atoms with van der Waals surface area (Å²) in [6.45, 7) is 0. The third-order valence-electron chi connectivity index (χ3n) is 1.68. The van der Waals surface area contributed by atoms with E-state index in [0.29, 0.717) is 0 Å². The molecule has 0 amide bonds. The molecule has 66 valence electrons. The molecule has 13 heavy (non-hydrogen) atoms. The number of aromatic hydroxyl groups is 1. The van der Waals surface area contributed by atoms with Crippen molar-refractivity contribution in [3.05, 3.63) is 36.3 Å². The normalized spacial score (nSPS) is 10.2. The molecule has 0 aliphatic carbocycles. The number of phenolic OH excluding ortho intramolecular Hbond substituents is 1. The highest BCUT2D eigenvalue weighted by molar-refractivity contribution is 5.65. The van der Waals surface area contributed by atoms with E-state index >= 15 is 0 Å². The first-order chi connectivity index (χ1) is 6.29. The van der Waals surface area contributed by atoms with Crippen molar-refractivity contribution in [2.24, 2.45) is 0 Å². The van der Waals surface area contributed by atoms with Crippen LogP contribution in [0.4, 0.5) is 4.39 Å². The Hall–Kier alpha value is -1.84. The van der Waals surface area contributed by atoms with Gasteiger partial charge in [0, 0.05) is 6.07 Å². The van der Waals surface area contributed by atoms with Crippen LogP contribution in [0.3, 0.4) is 0 Å². The number of aromatic nitrogens is 1. The third-order valence-corrected chi connectivity index (χ3v) is 1.68. The lowest BCUT2D eigenvalue weighted by Crippen LogP contribution is -1.82. The van der Waals surface area contributed by atoms with Gasteiger partial charge in [-0.3, -0.25) is 0 Å². The monoisotopic (exact) mass is 179 g/mol. The van der Waals surface area contributed by atoms with Crippen molar-refractivity contribution < 1.29 is 14.0 Å². The molecule has 1 heterocycles. The number of phenols is 1. The van der Waals surface area contributed by atoms with E-state index in [0.717, 1.165) is 0 Å². The van der Waals surface area contributed by atoms with Gasteiger partial charge in [0.2, 0.25) is 0 Å². The average Bonchev–Trinajstić information content (AvgIpc) is 2.57. The number of benzene rings is 1. The van der Waals surface area contributed by atoms with Crippen molar-refractivity contribution in [1.82, 2.24) is 5.16 Å². The molecule has 1 aromatic heterocycles. The van der Waals surface area contributed by atoms with Crippen LogP contribution in [0, 0.1) is 5.82 Å². The molecule has 0 aliphatic heterocycles. The molecule has 1 N–H and O–H groups in total. The van der Waals surface area contributed by atoms with Gasteiger partial charge in [-0.1, -0.05) is 11.2 Å². The Bertz CT molecular complexity index is 391. The Balaban J connectivity index is 2.64. The van der Waals surface area contributed by atoms with Crippen LogP contribution in [0.1, 0.15) is 0 Å². The second-order valence-electron chi connectivity index (χ2n) is 2.51. The first-order valence-corrected chi connectivity index (χ1v) is 3.67. The maximum Gasteiger partial charge on any atom is 0.173 e. The molecule has 0 saturated carbocycles. The zero-order valence-corrected chi connectivity index (χ0v) is 6.57. The Labute approximate surface area is 73.4 Å². The van der Waals surface area contributed by atoms with Crippen LogP contribution >= 0.6 is 0 Å². The van der Waals surface area contributed by atoms with E-state index < -0.39 is 5.82 Å². The van der Waals surface area contributed by atoms with E-state index in [2.05, 4.69) is 5.16 Å². The van der Waals surface area contributed by atoms with Gasteiger partial charge in [0.05, 0.1) is 11.8 Å². The van der Waals surface area contributed by atoms with E-state index in [4.69, 9.17) is 4.52 Å². The lowest BCUT2D eigenvalue weighted by molar-refractivity contribution is 0.422. The van der Waals surface area contributed by atoms with Crippen molar-refractivity contribution >= 4 is 0 Å².